The van der Waals surface area contributed by atoms with Gasteiger partial charge in [0.2, 0.25) is 5.76 Å². The van der Waals surface area contributed by atoms with Crippen molar-refractivity contribution in [2.24, 2.45) is 23.7 Å². The molecule has 4 aliphatic rings. The molecule has 6 heterocycles. The molecule has 18 heteroatoms. The van der Waals surface area contributed by atoms with E-state index in [2.05, 4.69) is 27.3 Å². The van der Waals surface area contributed by atoms with Crippen LogP contribution in [0.4, 0.5) is 4.79 Å². The van der Waals surface area contributed by atoms with Crippen LogP contribution in [0.25, 0.3) is 22.2 Å². The molecule has 390 valence electrons. The minimum atomic E-state index is -1.46. The Morgan fingerprint density at radius 1 is 0.944 bits per heavy atom. The minimum absolute atomic E-state index is 0.0374. The van der Waals surface area contributed by atoms with Gasteiger partial charge in [0.25, 0.3) is 0 Å². The fraction of sp³-hybridized carbons (Fsp3) is 0.679. The third kappa shape index (κ3) is 11.3. The van der Waals surface area contributed by atoms with Crippen LogP contribution in [0.1, 0.15) is 101 Å². The zero-order chi connectivity index (χ0) is 51.7. The highest BCUT2D eigenvalue weighted by Crippen LogP contribution is 2.43. The van der Waals surface area contributed by atoms with Crippen LogP contribution in [-0.4, -0.2) is 155 Å². The average Bonchev–Trinajstić information content (AvgIpc) is 3.94. The zero-order valence-corrected chi connectivity index (χ0v) is 43.4. The molecule has 1 aromatic carbocycles. The monoisotopic (exact) mass is 991 g/mol. The normalized spacial score (nSPS) is 39.4. The lowest BCUT2D eigenvalue weighted by atomic mass is 9.73. The maximum atomic E-state index is 14.9. The Morgan fingerprint density at radius 2 is 1.68 bits per heavy atom. The number of esters is 1. The number of likely N-dealkylation sites (N-methyl/N-ethyl adjacent to an activating group) is 1. The Hall–Kier alpha value is -4.55. The predicted octanol–water partition coefficient (Wildman–Crippen LogP) is 5.82. The van der Waals surface area contributed by atoms with Crippen molar-refractivity contribution in [3.05, 3.63) is 48.4 Å². The summed E-state index contributed by atoms with van der Waals surface area (Å²) in [6.07, 6.45) is -6.67. The SMILES string of the molecule is CC[C@H]1OC(=O)[C@H](C)[C@@H](OC2CC(C)(OC)C(O)C(C)O2)[C@H](C)[C@@H](O[C@@H]2O[C@H](C)C[C@H](N(C)C)[C@H]2O)[C@](C)(OCC#Cc2cc(-c3cnc4ccccc4c3)no2)C[C@@H](C)C(=O)[C@H](C)[C@H]2NC(=O)O[C@@]21C. The molecule has 4 saturated heterocycles. The van der Waals surface area contributed by atoms with Crippen LogP contribution in [0, 0.1) is 35.5 Å². The Balaban J connectivity index is 1.32. The highest BCUT2D eigenvalue weighted by Gasteiger charge is 2.58. The first-order valence-corrected chi connectivity index (χ1v) is 24.9. The zero-order valence-electron chi connectivity index (χ0n) is 43.4. The van der Waals surface area contributed by atoms with E-state index in [1.165, 1.54) is 7.11 Å². The summed E-state index contributed by atoms with van der Waals surface area (Å²) in [5.41, 5.74) is -1.82. The number of aromatic nitrogens is 2. The molecule has 3 aromatic rings. The Kier molecular flexibility index (Phi) is 16.7. The van der Waals surface area contributed by atoms with Crippen molar-refractivity contribution in [3.8, 4) is 23.1 Å². The lowest BCUT2D eigenvalue weighted by Crippen LogP contribution is -2.61. The summed E-state index contributed by atoms with van der Waals surface area (Å²) >= 11 is 0. The molecule has 0 saturated carbocycles. The number of amides is 1. The molecule has 0 bridgehead atoms. The number of hydrogen-bond acceptors (Lipinski definition) is 17. The maximum absolute atomic E-state index is 14.9. The number of fused-ring (bicyclic) bond motifs is 2. The number of benzene rings is 1. The number of para-hydroxylation sites is 1. The van der Waals surface area contributed by atoms with Crippen molar-refractivity contribution in [2.75, 3.05) is 27.8 Å². The van der Waals surface area contributed by atoms with Crippen LogP contribution >= 0.6 is 0 Å². The summed E-state index contributed by atoms with van der Waals surface area (Å²) in [5, 5.41) is 31.2. The Labute approximate surface area is 417 Å². The van der Waals surface area contributed by atoms with E-state index < -0.39 is 108 Å². The van der Waals surface area contributed by atoms with Crippen LogP contribution in [0.3, 0.4) is 0 Å². The maximum Gasteiger partial charge on any atom is 0.408 e. The number of aliphatic hydroxyl groups is 2. The molecule has 4 fully saturated rings. The van der Waals surface area contributed by atoms with E-state index in [1.54, 1.807) is 53.8 Å². The number of carbonyl (C=O) groups excluding carboxylic acids is 3. The van der Waals surface area contributed by atoms with Gasteiger partial charge in [0.15, 0.2) is 18.2 Å². The Bertz CT molecular complexity index is 2420. The summed E-state index contributed by atoms with van der Waals surface area (Å²) in [7, 11) is 5.26. The van der Waals surface area contributed by atoms with Crippen molar-refractivity contribution >= 4 is 28.7 Å². The number of ketones is 1. The Morgan fingerprint density at radius 3 is 2.38 bits per heavy atom. The van der Waals surface area contributed by atoms with E-state index >= 15 is 0 Å². The van der Waals surface area contributed by atoms with Crippen LogP contribution < -0.4 is 5.32 Å². The minimum Gasteiger partial charge on any atom is -0.458 e. The van der Waals surface area contributed by atoms with Crippen LogP contribution in [-0.2, 0) is 47.5 Å². The number of cyclic esters (lactones) is 1. The number of pyridine rings is 1. The van der Waals surface area contributed by atoms with E-state index in [4.69, 9.17) is 42.4 Å². The topological polar surface area (TPSA) is 220 Å². The summed E-state index contributed by atoms with van der Waals surface area (Å²) in [5.74, 6) is 2.06. The first kappa shape index (κ1) is 54.2. The molecule has 4 aliphatic heterocycles. The standard InChI is InChI=1S/C53H74N4O14/c1-14-40-53(10)45(55-50(62)70-53)30(4)42(58)28(2)25-52(9,64-21-17-19-36-24-38(56-71-36)35-23-34-18-15-16-20-37(34)54-27-35)47(69-49-43(59)39(57(11)12)22-29(3)65-49)31(5)44(32(6)48(61)67-40)68-41-26-51(8,63-13)46(60)33(7)66-41/h15-16,18,20,23-24,27-33,39-41,43-47,49,59-60H,14,21-22,25-26H2,1-13H3,(H,55,62)/t28-,29-,30+,31+,32-,33?,39+,40-,41?,43-,44+,45-,46?,47-,49+,51?,52-,53-/m1/s1. The summed E-state index contributed by atoms with van der Waals surface area (Å²) in [6.45, 7) is 17.6. The molecule has 71 heavy (non-hydrogen) atoms. The van der Waals surface area contributed by atoms with E-state index in [0.29, 0.717) is 12.1 Å². The summed E-state index contributed by atoms with van der Waals surface area (Å²) in [6, 6.07) is 10.2. The second-order valence-corrected chi connectivity index (χ2v) is 21.0. The van der Waals surface area contributed by atoms with Crippen molar-refractivity contribution in [1.29, 1.82) is 0 Å². The number of hydrogen-bond donors (Lipinski definition) is 3. The fourth-order valence-electron chi connectivity index (χ4n) is 11.3. The smallest absolute Gasteiger partial charge is 0.408 e. The molecule has 4 unspecified atom stereocenters. The van der Waals surface area contributed by atoms with Gasteiger partial charge < -0.3 is 62.8 Å². The second kappa shape index (κ2) is 21.9. The number of rotatable bonds is 10. The number of methoxy groups -OCH3 is 1. The van der Waals surface area contributed by atoms with Crippen molar-refractivity contribution in [2.45, 2.75) is 179 Å². The van der Waals surface area contributed by atoms with Gasteiger partial charge in [-0.3, -0.25) is 14.6 Å². The first-order valence-electron chi connectivity index (χ1n) is 24.9. The molecule has 0 aliphatic carbocycles. The van der Waals surface area contributed by atoms with Crippen LogP contribution in [0.15, 0.2) is 47.1 Å². The van der Waals surface area contributed by atoms with E-state index in [-0.39, 0.29) is 49.6 Å². The third-order valence-electron chi connectivity index (χ3n) is 15.5. The average molecular weight is 991 g/mol. The second-order valence-electron chi connectivity index (χ2n) is 21.0. The fourth-order valence-corrected chi connectivity index (χ4v) is 11.3. The van der Waals surface area contributed by atoms with E-state index in [9.17, 15) is 24.6 Å². The van der Waals surface area contributed by atoms with Gasteiger partial charge in [-0.25, -0.2) is 4.79 Å². The molecular weight excluding hydrogens is 917 g/mol. The van der Waals surface area contributed by atoms with Crippen molar-refractivity contribution in [3.63, 3.8) is 0 Å². The van der Waals surface area contributed by atoms with E-state index in [1.807, 2.05) is 77.0 Å². The molecule has 7 rings (SSSR count). The van der Waals surface area contributed by atoms with Crippen LogP contribution in [0.5, 0.6) is 0 Å². The van der Waals surface area contributed by atoms with Crippen molar-refractivity contribution < 1.29 is 67.0 Å². The number of nitrogens with one attached hydrogen (secondary N) is 1. The number of ether oxygens (including phenoxy) is 8. The molecular formula is C53H74N4O14. The van der Waals surface area contributed by atoms with Gasteiger partial charge in [-0.15, -0.1) is 0 Å². The third-order valence-corrected chi connectivity index (χ3v) is 15.5. The van der Waals surface area contributed by atoms with Crippen LogP contribution in [0.2, 0.25) is 0 Å². The van der Waals surface area contributed by atoms with Gasteiger partial charge in [-0.1, -0.05) is 57.0 Å². The van der Waals surface area contributed by atoms with Gasteiger partial charge in [0.1, 0.15) is 36.4 Å². The first-order chi connectivity index (χ1) is 33.5. The molecule has 0 radical (unpaired) electrons. The predicted molar refractivity (Wildman–Crippen MR) is 259 cm³/mol. The van der Waals surface area contributed by atoms with Gasteiger partial charge in [0, 0.05) is 60.5 Å². The largest absolute Gasteiger partial charge is 0.458 e. The number of carbonyl (C=O) groups is 3. The lowest BCUT2D eigenvalue weighted by Gasteiger charge is -2.50. The highest BCUT2D eigenvalue weighted by atomic mass is 16.7. The number of alkyl carbamates (subject to hydrolysis) is 1. The van der Waals surface area contributed by atoms with Gasteiger partial charge >= 0.3 is 12.1 Å². The number of aliphatic hydroxyl groups excluding tert-OH is 2. The van der Waals surface area contributed by atoms with Crippen molar-refractivity contribution in [1.82, 2.24) is 20.4 Å². The van der Waals surface area contributed by atoms with Gasteiger partial charge in [-0.2, -0.15) is 0 Å². The quantitative estimate of drug-likeness (QED) is 0.161. The number of Topliss-reactive ketones (excluding diaryl/α,β-unsaturated/α-hetero) is 1. The summed E-state index contributed by atoms with van der Waals surface area (Å²) < 4.78 is 57.5. The molecule has 0 spiro atoms. The molecule has 1 amide bonds. The van der Waals surface area contributed by atoms with E-state index in [0.717, 1.165) is 16.5 Å². The van der Waals surface area contributed by atoms with Gasteiger partial charge in [-0.05, 0) is 93.0 Å². The molecule has 2 aromatic heterocycles. The number of nitrogens with zero attached hydrogens (tertiary/aromatic N) is 3. The molecule has 18 atom stereocenters. The van der Waals surface area contributed by atoms with Gasteiger partial charge in [0.05, 0.1) is 53.1 Å². The summed E-state index contributed by atoms with van der Waals surface area (Å²) in [4.78, 5) is 49.3. The highest BCUT2D eigenvalue weighted by molar-refractivity contribution is 5.85. The lowest BCUT2D eigenvalue weighted by molar-refractivity contribution is -0.320. The molecule has 18 nitrogen and oxygen atoms in total. The molecule has 3 N–H and O–H groups in total.